The third-order valence-corrected chi connectivity index (χ3v) is 7.33. The van der Waals surface area contributed by atoms with Crippen LogP contribution in [-0.4, -0.2) is 31.6 Å². The monoisotopic (exact) mass is 496 g/mol. The van der Waals surface area contributed by atoms with Gasteiger partial charge in [0.15, 0.2) is 20.5 Å². The van der Waals surface area contributed by atoms with E-state index in [0.717, 1.165) is 23.0 Å². The van der Waals surface area contributed by atoms with Gasteiger partial charge in [0.25, 0.3) is 5.56 Å². The molecular weight excluding hydrogens is 476 g/mol. The van der Waals surface area contributed by atoms with Gasteiger partial charge in [-0.3, -0.25) is 23.5 Å². The van der Waals surface area contributed by atoms with Gasteiger partial charge in [-0.25, -0.2) is 4.98 Å². The lowest BCUT2D eigenvalue weighted by Crippen LogP contribution is -2.21. The zero-order valence-electron chi connectivity index (χ0n) is 18.1. The van der Waals surface area contributed by atoms with Crippen molar-refractivity contribution in [3.05, 3.63) is 74.0 Å². The van der Waals surface area contributed by atoms with Crippen molar-refractivity contribution in [1.29, 1.82) is 0 Å². The number of rotatable bonds is 6. The third kappa shape index (κ3) is 4.82. The van der Waals surface area contributed by atoms with Crippen LogP contribution in [0.4, 0.5) is 5.69 Å². The van der Waals surface area contributed by atoms with Crippen LogP contribution >= 0.6 is 35.3 Å². The minimum Gasteiger partial charge on any atom is -0.325 e. The molecule has 2 aromatic carbocycles. The molecule has 4 rings (SSSR count). The predicted octanol–water partition coefficient (Wildman–Crippen LogP) is 4.76. The first kappa shape index (κ1) is 23.1. The van der Waals surface area contributed by atoms with Crippen molar-refractivity contribution in [2.24, 2.45) is 7.05 Å². The summed E-state index contributed by atoms with van der Waals surface area (Å²) in [5, 5.41) is 3.19. The van der Waals surface area contributed by atoms with Crippen molar-refractivity contribution in [2.75, 3.05) is 11.1 Å². The van der Waals surface area contributed by atoms with Gasteiger partial charge >= 0.3 is 0 Å². The average molecular weight is 497 g/mol. The van der Waals surface area contributed by atoms with Crippen molar-refractivity contribution >= 4 is 63.0 Å². The van der Waals surface area contributed by atoms with E-state index in [9.17, 15) is 14.4 Å². The summed E-state index contributed by atoms with van der Waals surface area (Å²) in [7, 11) is 1.63. The Morgan fingerprint density at radius 3 is 2.61 bits per heavy atom. The summed E-state index contributed by atoms with van der Waals surface area (Å²) in [6.07, 6.45) is 0. The van der Waals surface area contributed by atoms with E-state index in [0.29, 0.717) is 30.7 Å². The number of Topliss-reactive ketones (excluding diaryl/α,β-unsaturated/α-hetero) is 1. The molecule has 33 heavy (non-hydrogen) atoms. The summed E-state index contributed by atoms with van der Waals surface area (Å²) in [6.45, 7) is 3.47. The fourth-order valence-corrected chi connectivity index (χ4v) is 5.32. The number of benzene rings is 2. The van der Waals surface area contributed by atoms with E-state index in [1.54, 1.807) is 35.9 Å². The molecule has 0 aliphatic rings. The first-order valence-corrected chi connectivity index (χ1v) is 12.2. The van der Waals surface area contributed by atoms with Gasteiger partial charge in [0.1, 0.15) is 4.70 Å². The predicted molar refractivity (Wildman–Crippen MR) is 136 cm³/mol. The van der Waals surface area contributed by atoms with Gasteiger partial charge in [-0.15, -0.1) is 0 Å². The van der Waals surface area contributed by atoms with Gasteiger partial charge in [-0.1, -0.05) is 52.9 Å². The molecular formula is C23H20N4O3S3. The summed E-state index contributed by atoms with van der Waals surface area (Å²) in [5.41, 5.74) is 3.28. The van der Waals surface area contributed by atoms with E-state index in [-0.39, 0.29) is 23.0 Å². The van der Waals surface area contributed by atoms with Crippen LogP contribution in [0, 0.1) is 10.9 Å². The number of aromatic nitrogens is 3. The fraction of sp³-hybridized carbons (Fsp3) is 0.174. The van der Waals surface area contributed by atoms with Crippen LogP contribution in [0.2, 0.25) is 0 Å². The van der Waals surface area contributed by atoms with Crippen molar-refractivity contribution in [3.8, 4) is 5.69 Å². The SMILES string of the molecule is CC(=O)c1cccc(NC(=O)CSc2nc3c(sc(=S)n3-c3ccc(C)cc3)c(=O)n2C)c1. The van der Waals surface area contributed by atoms with Gasteiger partial charge < -0.3 is 5.32 Å². The van der Waals surface area contributed by atoms with E-state index >= 15 is 0 Å². The summed E-state index contributed by atoms with van der Waals surface area (Å²) >= 11 is 7.90. The highest BCUT2D eigenvalue weighted by Crippen LogP contribution is 2.26. The highest BCUT2D eigenvalue weighted by Gasteiger charge is 2.17. The molecule has 0 unspecified atom stereocenters. The van der Waals surface area contributed by atoms with Crippen LogP contribution in [0.25, 0.3) is 16.0 Å². The Labute approximate surface area is 203 Å². The molecule has 0 spiro atoms. The molecule has 10 heteroatoms. The normalized spacial score (nSPS) is 11.0. The molecule has 4 aromatic rings. The minimum atomic E-state index is -0.268. The molecule has 1 N–H and O–H groups in total. The van der Waals surface area contributed by atoms with Crippen molar-refractivity contribution in [1.82, 2.24) is 14.1 Å². The molecule has 0 saturated carbocycles. The van der Waals surface area contributed by atoms with Gasteiger partial charge in [0.05, 0.1) is 5.75 Å². The van der Waals surface area contributed by atoms with Crippen LogP contribution in [0.1, 0.15) is 22.8 Å². The third-order valence-electron chi connectivity index (χ3n) is 4.95. The molecule has 0 saturated heterocycles. The largest absolute Gasteiger partial charge is 0.325 e. The number of fused-ring (bicyclic) bond motifs is 1. The van der Waals surface area contributed by atoms with Crippen LogP contribution < -0.4 is 10.9 Å². The lowest BCUT2D eigenvalue weighted by Gasteiger charge is -2.10. The zero-order valence-corrected chi connectivity index (χ0v) is 20.6. The number of thiazole rings is 1. The van der Waals surface area contributed by atoms with Gasteiger partial charge in [-0.05, 0) is 50.3 Å². The number of aryl methyl sites for hydroxylation is 1. The second-order valence-electron chi connectivity index (χ2n) is 7.42. The smallest absolute Gasteiger partial charge is 0.273 e. The van der Waals surface area contributed by atoms with E-state index in [4.69, 9.17) is 12.2 Å². The Morgan fingerprint density at radius 1 is 1.18 bits per heavy atom. The number of anilines is 1. The Bertz CT molecular complexity index is 1500. The molecule has 0 atom stereocenters. The van der Waals surface area contributed by atoms with Gasteiger partial charge in [0.2, 0.25) is 5.91 Å². The Balaban J connectivity index is 1.61. The molecule has 0 aliphatic carbocycles. The number of hydrogen-bond acceptors (Lipinski definition) is 7. The van der Waals surface area contributed by atoms with E-state index in [2.05, 4.69) is 10.3 Å². The van der Waals surface area contributed by atoms with Crippen LogP contribution in [0.15, 0.2) is 58.5 Å². The number of ketones is 1. The molecule has 7 nitrogen and oxygen atoms in total. The van der Waals surface area contributed by atoms with Gasteiger partial charge in [-0.2, -0.15) is 0 Å². The lowest BCUT2D eigenvalue weighted by molar-refractivity contribution is -0.113. The Hall–Kier alpha value is -3.08. The maximum absolute atomic E-state index is 13.0. The summed E-state index contributed by atoms with van der Waals surface area (Å²) in [5.74, 6) is -0.298. The topological polar surface area (TPSA) is 86.0 Å². The number of carbonyl (C=O) groups is 2. The average Bonchev–Trinajstić information content (AvgIpc) is 3.12. The molecule has 0 radical (unpaired) electrons. The Morgan fingerprint density at radius 2 is 1.91 bits per heavy atom. The number of amides is 1. The van der Waals surface area contributed by atoms with Crippen molar-refractivity contribution in [3.63, 3.8) is 0 Å². The van der Waals surface area contributed by atoms with Crippen LogP contribution in [0.5, 0.6) is 0 Å². The molecule has 0 fully saturated rings. The van der Waals surface area contributed by atoms with E-state index in [1.807, 2.05) is 31.2 Å². The zero-order chi connectivity index (χ0) is 23.7. The minimum absolute atomic E-state index is 0.0471. The maximum atomic E-state index is 13.0. The van der Waals surface area contributed by atoms with Crippen LogP contribution in [-0.2, 0) is 11.8 Å². The second kappa shape index (κ2) is 9.42. The molecule has 1 amide bonds. The molecule has 0 aliphatic heterocycles. The molecule has 2 aromatic heterocycles. The number of carbonyl (C=O) groups excluding carboxylic acids is 2. The van der Waals surface area contributed by atoms with Crippen molar-refractivity contribution in [2.45, 2.75) is 19.0 Å². The van der Waals surface area contributed by atoms with E-state index in [1.165, 1.54) is 22.8 Å². The fourth-order valence-electron chi connectivity index (χ4n) is 3.21. The lowest BCUT2D eigenvalue weighted by atomic mass is 10.1. The van der Waals surface area contributed by atoms with Gasteiger partial charge in [0, 0.05) is 24.0 Å². The molecule has 2 heterocycles. The number of thioether (sulfide) groups is 1. The number of nitrogens with zero attached hydrogens (tertiary/aromatic N) is 3. The highest BCUT2D eigenvalue weighted by atomic mass is 32.2. The molecule has 168 valence electrons. The standard InChI is InChI=1S/C23H20N4O3S3/c1-13-7-9-17(10-8-13)27-20-19(33-23(27)31)21(30)26(3)22(25-20)32-12-18(29)24-16-6-4-5-15(11-16)14(2)28/h4-11H,12H2,1-3H3,(H,24,29). The number of hydrogen-bond donors (Lipinski definition) is 1. The van der Waals surface area contributed by atoms with Crippen molar-refractivity contribution < 1.29 is 9.59 Å². The molecule has 0 bridgehead atoms. The maximum Gasteiger partial charge on any atom is 0.273 e. The first-order valence-electron chi connectivity index (χ1n) is 9.98. The van der Waals surface area contributed by atoms with E-state index < -0.39 is 0 Å². The Kier molecular flexibility index (Phi) is 6.59. The summed E-state index contributed by atoms with van der Waals surface area (Å²) < 4.78 is 4.22. The highest BCUT2D eigenvalue weighted by molar-refractivity contribution is 7.99. The second-order valence-corrected chi connectivity index (χ2v) is 10.0. The first-order chi connectivity index (χ1) is 15.7. The quantitative estimate of drug-likeness (QED) is 0.179. The van der Waals surface area contributed by atoms with Crippen LogP contribution in [0.3, 0.4) is 0 Å². The number of nitrogens with one attached hydrogen (secondary N) is 1. The summed E-state index contributed by atoms with van der Waals surface area (Å²) in [6, 6.07) is 14.6. The summed E-state index contributed by atoms with van der Waals surface area (Å²) in [4.78, 5) is 41.7.